The Morgan fingerprint density at radius 1 is 1.25 bits per heavy atom. The van der Waals surface area contributed by atoms with Crippen LogP contribution >= 0.6 is 0 Å². The summed E-state index contributed by atoms with van der Waals surface area (Å²) in [6.45, 7) is 0.554. The fraction of sp³-hybridized carbons (Fsp3) is 0.250. The molecule has 1 aliphatic rings. The van der Waals surface area contributed by atoms with E-state index in [1.54, 1.807) is 35.4 Å². The number of carbonyl (C=O) groups excluding carboxylic acids is 1. The van der Waals surface area contributed by atoms with Gasteiger partial charge in [0.05, 0.1) is 18.0 Å². The Kier molecular flexibility index (Phi) is 4.25. The summed E-state index contributed by atoms with van der Waals surface area (Å²) < 4.78 is 25.5. The van der Waals surface area contributed by atoms with Gasteiger partial charge in [0.2, 0.25) is 15.9 Å². The van der Waals surface area contributed by atoms with Gasteiger partial charge in [-0.15, -0.1) is 0 Å². The highest BCUT2D eigenvalue weighted by Crippen LogP contribution is 2.29. The third-order valence-corrected chi connectivity index (χ3v) is 4.40. The Morgan fingerprint density at radius 3 is 2.58 bits per heavy atom. The van der Waals surface area contributed by atoms with Gasteiger partial charge in [-0.1, -0.05) is 18.2 Å². The van der Waals surface area contributed by atoms with Crippen molar-refractivity contribution in [3.8, 4) is 11.1 Å². The summed E-state index contributed by atoms with van der Waals surface area (Å²) in [6.07, 6.45) is 3.34. The summed E-state index contributed by atoms with van der Waals surface area (Å²) in [5.74, 6) is 0.416. The number of anilines is 2. The Bertz CT molecular complexity index is 865. The van der Waals surface area contributed by atoms with Crippen LogP contribution < -0.4 is 15.4 Å². The number of pyridine rings is 1. The molecule has 1 atom stereocenters. The molecule has 1 aromatic carbocycles. The van der Waals surface area contributed by atoms with E-state index >= 15 is 0 Å². The highest BCUT2D eigenvalue weighted by atomic mass is 32.2. The van der Waals surface area contributed by atoms with Crippen molar-refractivity contribution in [1.82, 2.24) is 4.98 Å². The highest BCUT2D eigenvalue weighted by Gasteiger charge is 2.30. The van der Waals surface area contributed by atoms with E-state index in [1.807, 2.05) is 12.1 Å². The van der Waals surface area contributed by atoms with Crippen LogP contribution in [0.25, 0.3) is 11.1 Å². The molecule has 1 saturated heterocycles. The van der Waals surface area contributed by atoms with E-state index in [0.29, 0.717) is 30.0 Å². The van der Waals surface area contributed by atoms with E-state index < -0.39 is 16.1 Å². The molecule has 0 bridgehead atoms. The zero-order valence-electron chi connectivity index (χ0n) is 13.1. The molecular formula is C16H18N4O3S. The molecule has 126 valence electrons. The topological polar surface area (TPSA) is 105 Å². The van der Waals surface area contributed by atoms with Gasteiger partial charge in [0, 0.05) is 23.9 Å². The van der Waals surface area contributed by atoms with Gasteiger partial charge >= 0.3 is 0 Å². The summed E-state index contributed by atoms with van der Waals surface area (Å²) >= 11 is 0. The smallest absolute Gasteiger partial charge is 0.245 e. The minimum Gasteiger partial charge on any atom is -0.320 e. The molecule has 1 aromatic heterocycles. The molecular weight excluding hydrogens is 328 g/mol. The monoisotopic (exact) mass is 346 g/mol. The third-order valence-electron chi connectivity index (χ3n) is 3.80. The summed E-state index contributed by atoms with van der Waals surface area (Å²) in [4.78, 5) is 17.9. The second kappa shape index (κ2) is 6.21. The highest BCUT2D eigenvalue weighted by molar-refractivity contribution is 7.92. The Hall–Kier alpha value is -2.45. The first-order valence-corrected chi connectivity index (χ1v) is 9.34. The van der Waals surface area contributed by atoms with Gasteiger partial charge in [0.15, 0.2) is 0 Å². The van der Waals surface area contributed by atoms with Crippen molar-refractivity contribution in [2.24, 2.45) is 5.73 Å². The van der Waals surface area contributed by atoms with Gasteiger partial charge in [0.1, 0.15) is 5.82 Å². The van der Waals surface area contributed by atoms with Crippen molar-refractivity contribution in [2.45, 2.75) is 12.5 Å². The third kappa shape index (κ3) is 3.39. The second-order valence-corrected chi connectivity index (χ2v) is 7.46. The van der Waals surface area contributed by atoms with E-state index in [0.717, 1.165) is 11.8 Å². The van der Waals surface area contributed by atoms with Crippen molar-refractivity contribution >= 4 is 27.4 Å². The average molecular weight is 346 g/mol. The molecule has 0 spiro atoms. The minimum atomic E-state index is -3.38. The van der Waals surface area contributed by atoms with Crippen LogP contribution in [-0.4, -0.2) is 38.2 Å². The Labute approximate surface area is 140 Å². The van der Waals surface area contributed by atoms with Crippen LogP contribution in [0.15, 0.2) is 42.6 Å². The Morgan fingerprint density at radius 2 is 2.00 bits per heavy atom. The zero-order valence-corrected chi connectivity index (χ0v) is 14.0. The van der Waals surface area contributed by atoms with Crippen molar-refractivity contribution in [3.63, 3.8) is 0 Å². The van der Waals surface area contributed by atoms with Crippen LogP contribution in [-0.2, 0) is 14.8 Å². The molecule has 7 nitrogen and oxygen atoms in total. The van der Waals surface area contributed by atoms with E-state index in [4.69, 9.17) is 5.73 Å². The molecule has 3 rings (SSSR count). The number of nitrogens with two attached hydrogens (primary N) is 1. The fourth-order valence-corrected chi connectivity index (χ4v) is 3.24. The predicted octanol–water partition coefficient (Wildman–Crippen LogP) is 1.18. The number of nitrogens with one attached hydrogen (secondary N) is 1. The number of para-hydroxylation sites is 1. The number of rotatable bonds is 4. The maximum absolute atomic E-state index is 12.0. The number of benzene rings is 1. The number of sulfonamides is 1. The lowest BCUT2D eigenvalue weighted by atomic mass is 10.1. The lowest BCUT2D eigenvalue weighted by Gasteiger charge is -2.16. The summed E-state index contributed by atoms with van der Waals surface area (Å²) in [6, 6.07) is 10.1. The zero-order chi connectivity index (χ0) is 17.3. The van der Waals surface area contributed by atoms with Crippen LogP contribution in [0.4, 0.5) is 11.5 Å². The molecule has 2 aromatic rings. The van der Waals surface area contributed by atoms with Crippen LogP contribution in [0.5, 0.6) is 0 Å². The van der Waals surface area contributed by atoms with Crippen molar-refractivity contribution in [3.05, 3.63) is 42.6 Å². The SMILES string of the molecule is CS(=O)(=O)Nc1ccccc1-c1ccc(N2CCC(N)C2=O)nc1. The standard InChI is InChI=1S/C16H18N4O3S/c1-24(22,23)19-14-5-3-2-4-12(14)11-6-7-15(18-10-11)20-9-8-13(17)16(20)21/h2-7,10,13,19H,8-9,17H2,1H3. The summed E-state index contributed by atoms with van der Waals surface area (Å²) in [7, 11) is -3.38. The minimum absolute atomic E-state index is 0.130. The maximum atomic E-state index is 12.0. The number of aromatic nitrogens is 1. The Balaban J connectivity index is 1.91. The van der Waals surface area contributed by atoms with Gasteiger partial charge in [-0.2, -0.15) is 0 Å². The number of hydrogen-bond donors (Lipinski definition) is 2. The molecule has 0 radical (unpaired) electrons. The average Bonchev–Trinajstić information content (AvgIpc) is 2.86. The summed E-state index contributed by atoms with van der Waals surface area (Å²) in [5.41, 5.74) is 7.67. The molecule has 3 N–H and O–H groups in total. The predicted molar refractivity (Wildman–Crippen MR) is 93.1 cm³/mol. The number of nitrogens with zero attached hydrogens (tertiary/aromatic N) is 2. The van der Waals surface area contributed by atoms with Crippen molar-refractivity contribution < 1.29 is 13.2 Å². The second-order valence-electron chi connectivity index (χ2n) is 5.71. The molecule has 1 aliphatic heterocycles. The van der Waals surface area contributed by atoms with E-state index in [9.17, 15) is 13.2 Å². The maximum Gasteiger partial charge on any atom is 0.245 e. The first-order valence-electron chi connectivity index (χ1n) is 7.45. The first-order chi connectivity index (χ1) is 11.3. The fourth-order valence-electron chi connectivity index (χ4n) is 2.66. The number of hydrogen-bond acceptors (Lipinski definition) is 5. The van der Waals surface area contributed by atoms with Crippen LogP contribution in [0.1, 0.15) is 6.42 Å². The van der Waals surface area contributed by atoms with Crippen LogP contribution in [0.2, 0.25) is 0 Å². The molecule has 1 fully saturated rings. The van der Waals surface area contributed by atoms with Crippen molar-refractivity contribution in [1.29, 1.82) is 0 Å². The lowest BCUT2D eigenvalue weighted by molar-refractivity contribution is -0.118. The van der Waals surface area contributed by atoms with Gasteiger partial charge in [-0.25, -0.2) is 13.4 Å². The van der Waals surface area contributed by atoms with Gasteiger partial charge in [0.25, 0.3) is 0 Å². The summed E-state index contributed by atoms with van der Waals surface area (Å²) in [5, 5.41) is 0. The molecule has 24 heavy (non-hydrogen) atoms. The largest absolute Gasteiger partial charge is 0.320 e. The molecule has 2 heterocycles. The van der Waals surface area contributed by atoms with Crippen molar-refractivity contribution in [2.75, 3.05) is 22.4 Å². The van der Waals surface area contributed by atoms with E-state index in [-0.39, 0.29) is 5.91 Å². The molecule has 8 heteroatoms. The number of amides is 1. The van der Waals surface area contributed by atoms with E-state index in [1.165, 1.54) is 0 Å². The molecule has 1 unspecified atom stereocenters. The van der Waals surface area contributed by atoms with Gasteiger partial charge < -0.3 is 5.73 Å². The molecule has 1 amide bonds. The quantitative estimate of drug-likeness (QED) is 0.865. The molecule has 0 aliphatic carbocycles. The van der Waals surface area contributed by atoms with Crippen LogP contribution in [0, 0.1) is 0 Å². The van der Waals surface area contributed by atoms with Gasteiger partial charge in [-0.3, -0.25) is 14.4 Å². The lowest BCUT2D eigenvalue weighted by Crippen LogP contribution is -2.34. The van der Waals surface area contributed by atoms with E-state index in [2.05, 4.69) is 9.71 Å². The normalized spacial score (nSPS) is 18.0. The first kappa shape index (κ1) is 16.4. The van der Waals surface area contributed by atoms with Gasteiger partial charge in [-0.05, 0) is 24.6 Å². The van der Waals surface area contributed by atoms with Crippen LogP contribution in [0.3, 0.4) is 0 Å². The molecule has 0 saturated carbocycles. The number of carbonyl (C=O) groups is 1.